The van der Waals surface area contributed by atoms with E-state index >= 15 is 0 Å². The Morgan fingerprint density at radius 3 is 2.15 bits per heavy atom. The zero-order valence-corrected chi connectivity index (χ0v) is 15.8. The van der Waals surface area contributed by atoms with Gasteiger partial charge in [0.2, 0.25) is 0 Å². The average Bonchev–Trinajstić information content (AvgIpc) is 2.65. The fourth-order valence-corrected chi connectivity index (χ4v) is 2.30. The molecular formula is C21H26N2O3. The third kappa shape index (κ3) is 5.34. The molecule has 0 aromatic heterocycles. The quantitative estimate of drug-likeness (QED) is 0.780. The van der Waals surface area contributed by atoms with Crippen molar-refractivity contribution in [2.45, 2.75) is 39.5 Å². The van der Waals surface area contributed by atoms with Gasteiger partial charge in [-0.15, -0.1) is 0 Å². The summed E-state index contributed by atoms with van der Waals surface area (Å²) in [4.78, 5) is 23.8. The normalized spacial score (nSPS) is 10.9. The van der Waals surface area contributed by atoms with Crippen LogP contribution in [0.5, 0.6) is 5.75 Å². The molecule has 2 aromatic rings. The van der Waals surface area contributed by atoms with Gasteiger partial charge in [-0.3, -0.25) is 20.4 Å². The van der Waals surface area contributed by atoms with Crippen molar-refractivity contribution in [2.75, 3.05) is 6.61 Å². The first kappa shape index (κ1) is 19.5. The molecule has 2 N–H and O–H groups in total. The number of aryl methyl sites for hydroxylation is 1. The summed E-state index contributed by atoms with van der Waals surface area (Å²) in [5.74, 6) is -0.186. The molecule has 0 saturated heterocycles. The highest BCUT2D eigenvalue weighted by atomic mass is 16.5. The fourth-order valence-electron chi connectivity index (χ4n) is 2.30. The predicted octanol–water partition coefficient (Wildman–Crippen LogP) is 3.52. The van der Waals surface area contributed by atoms with Gasteiger partial charge in [-0.1, -0.05) is 50.6 Å². The highest BCUT2D eigenvalue weighted by Gasteiger charge is 2.17. The number of nitrogens with one attached hydrogen (secondary N) is 2. The zero-order chi connectivity index (χ0) is 19.2. The van der Waals surface area contributed by atoms with E-state index < -0.39 is 5.91 Å². The number of hydrogen-bond donors (Lipinski definition) is 2. The van der Waals surface area contributed by atoms with E-state index in [0.29, 0.717) is 11.3 Å². The second-order valence-corrected chi connectivity index (χ2v) is 6.92. The minimum Gasteiger partial charge on any atom is -0.484 e. The summed E-state index contributed by atoms with van der Waals surface area (Å²) in [6, 6.07) is 14.8. The van der Waals surface area contributed by atoms with Crippen molar-refractivity contribution in [2.24, 2.45) is 0 Å². The van der Waals surface area contributed by atoms with Gasteiger partial charge in [0.1, 0.15) is 5.75 Å². The Morgan fingerprint density at radius 2 is 1.58 bits per heavy atom. The third-order valence-corrected chi connectivity index (χ3v) is 4.52. The van der Waals surface area contributed by atoms with Crippen LogP contribution in [0.2, 0.25) is 0 Å². The molecule has 0 aliphatic heterocycles. The molecule has 0 atom stereocenters. The first-order chi connectivity index (χ1) is 12.3. The van der Waals surface area contributed by atoms with Gasteiger partial charge in [-0.2, -0.15) is 0 Å². The first-order valence-electron chi connectivity index (χ1n) is 8.71. The van der Waals surface area contributed by atoms with Crippen LogP contribution >= 0.6 is 0 Å². The Morgan fingerprint density at radius 1 is 0.962 bits per heavy atom. The maximum atomic E-state index is 11.9. The van der Waals surface area contributed by atoms with Crippen molar-refractivity contribution in [1.82, 2.24) is 10.9 Å². The van der Waals surface area contributed by atoms with Crippen LogP contribution in [-0.2, 0) is 10.2 Å². The maximum Gasteiger partial charge on any atom is 0.276 e. The second kappa shape index (κ2) is 8.52. The van der Waals surface area contributed by atoms with Crippen molar-refractivity contribution >= 4 is 11.8 Å². The van der Waals surface area contributed by atoms with E-state index in [4.69, 9.17) is 4.74 Å². The molecule has 0 unspecified atom stereocenters. The molecule has 0 saturated carbocycles. The predicted molar refractivity (Wildman–Crippen MR) is 102 cm³/mol. The number of ether oxygens (including phenoxy) is 1. The van der Waals surface area contributed by atoms with Gasteiger partial charge in [0.05, 0.1) is 0 Å². The molecular weight excluding hydrogens is 328 g/mol. The van der Waals surface area contributed by atoms with Crippen LogP contribution in [0, 0.1) is 6.92 Å². The van der Waals surface area contributed by atoms with E-state index in [1.165, 1.54) is 5.56 Å². The zero-order valence-electron chi connectivity index (χ0n) is 15.8. The highest BCUT2D eigenvalue weighted by molar-refractivity contribution is 5.95. The van der Waals surface area contributed by atoms with E-state index in [-0.39, 0.29) is 17.9 Å². The van der Waals surface area contributed by atoms with Crippen LogP contribution in [0.15, 0.2) is 48.5 Å². The number of carbonyl (C=O) groups is 2. The summed E-state index contributed by atoms with van der Waals surface area (Å²) in [7, 11) is 0. The highest BCUT2D eigenvalue weighted by Crippen LogP contribution is 2.27. The van der Waals surface area contributed by atoms with Gasteiger partial charge in [0.25, 0.3) is 11.8 Å². The first-order valence-corrected chi connectivity index (χ1v) is 8.71. The molecule has 0 fully saturated rings. The standard InChI is InChI=1S/C21H26N2O3/c1-5-21(3,4)17-10-12-18(13-11-17)26-14-19(24)22-23-20(25)16-8-6-15(2)7-9-16/h6-13H,5,14H2,1-4H3,(H,22,24)(H,23,25). The largest absolute Gasteiger partial charge is 0.484 e. The third-order valence-electron chi connectivity index (χ3n) is 4.52. The lowest BCUT2D eigenvalue weighted by molar-refractivity contribution is -0.123. The molecule has 0 radical (unpaired) electrons. The van der Waals surface area contributed by atoms with E-state index in [9.17, 15) is 9.59 Å². The van der Waals surface area contributed by atoms with Crippen molar-refractivity contribution in [3.63, 3.8) is 0 Å². The van der Waals surface area contributed by atoms with Crippen LogP contribution < -0.4 is 15.6 Å². The van der Waals surface area contributed by atoms with Gasteiger partial charge in [-0.05, 0) is 48.6 Å². The molecule has 0 aliphatic rings. The van der Waals surface area contributed by atoms with E-state index in [1.807, 2.05) is 43.3 Å². The van der Waals surface area contributed by atoms with Gasteiger partial charge in [0, 0.05) is 5.56 Å². The van der Waals surface area contributed by atoms with Crippen molar-refractivity contribution in [1.29, 1.82) is 0 Å². The smallest absolute Gasteiger partial charge is 0.276 e. The van der Waals surface area contributed by atoms with Crippen molar-refractivity contribution in [3.8, 4) is 5.75 Å². The van der Waals surface area contributed by atoms with E-state index in [0.717, 1.165) is 12.0 Å². The van der Waals surface area contributed by atoms with Crippen molar-refractivity contribution < 1.29 is 14.3 Å². The Balaban J connectivity index is 1.79. The molecule has 0 bridgehead atoms. The topological polar surface area (TPSA) is 67.4 Å². The lowest BCUT2D eigenvalue weighted by atomic mass is 9.82. The summed E-state index contributed by atoms with van der Waals surface area (Å²) in [6.45, 7) is 8.29. The molecule has 0 heterocycles. The minimum absolute atomic E-state index is 0.107. The van der Waals surface area contributed by atoms with E-state index in [1.54, 1.807) is 12.1 Å². The van der Waals surface area contributed by atoms with Gasteiger partial charge >= 0.3 is 0 Å². The summed E-state index contributed by atoms with van der Waals surface area (Å²) in [6.07, 6.45) is 1.04. The van der Waals surface area contributed by atoms with Crippen molar-refractivity contribution in [3.05, 3.63) is 65.2 Å². The number of benzene rings is 2. The fraction of sp³-hybridized carbons (Fsp3) is 0.333. The van der Waals surface area contributed by atoms with Crippen LogP contribution in [0.1, 0.15) is 48.7 Å². The van der Waals surface area contributed by atoms with Crippen LogP contribution in [0.3, 0.4) is 0 Å². The Bertz CT molecular complexity index is 750. The van der Waals surface area contributed by atoms with E-state index in [2.05, 4.69) is 31.6 Å². The van der Waals surface area contributed by atoms with Gasteiger partial charge in [0.15, 0.2) is 6.61 Å². The summed E-state index contributed by atoms with van der Waals surface area (Å²) < 4.78 is 5.46. The SMILES string of the molecule is CCC(C)(C)c1ccc(OCC(=O)NNC(=O)c2ccc(C)cc2)cc1. The molecule has 2 rings (SSSR count). The molecule has 138 valence electrons. The molecule has 5 nitrogen and oxygen atoms in total. The number of carbonyl (C=O) groups excluding carboxylic acids is 2. The molecule has 0 spiro atoms. The maximum absolute atomic E-state index is 11.9. The Labute approximate surface area is 154 Å². The molecule has 2 amide bonds. The average molecular weight is 354 g/mol. The van der Waals surface area contributed by atoms with Crippen LogP contribution in [0.25, 0.3) is 0 Å². The number of hydrogen-bond acceptors (Lipinski definition) is 3. The molecule has 5 heteroatoms. The second-order valence-electron chi connectivity index (χ2n) is 6.92. The van der Waals surface area contributed by atoms with Gasteiger partial charge < -0.3 is 4.74 Å². The van der Waals surface area contributed by atoms with Gasteiger partial charge in [-0.25, -0.2) is 0 Å². The number of amides is 2. The molecule has 2 aromatic carbocycles. The number of hydrazine groups is 1. The summed E-state index contributed by atoms with van der Waals surface area (Å²) in [5, 5.41) is 0. The lowest BCUT2D eigenvalue weighted by Gasteiger charge is -2.23. The summed E-state index contributed by atoms with van der Waals surface area (Å²) >= 11 is 0. The number of rotatable bonds is 6. The lowest BCUT2D eigenvalue weighted by Crippen LogP contribution is -2.43. The molecule has 0 aliphatic carbocycles. The monoisotopic (exact) mass is 354 g/mol. The molecule has 26 heavy (non-hydrogen) atoms. The summed E-state index contributed by atoms with van der Waals surface area (Å²) in [5.41, 5.74) is 7.59. The van der Waals surface area contributed by atoms with Crippen LogP contribution in [0.4, 0.5) is 0 Å². The minimum atomic E-state index is -0.427. The Kier molecular flexibility index (Phi) is 6.39. The van der Waals surface area contributed by atoms with Crippen LogP contribution in [-0.4, -0.2) is 18.4 Å². The Hall–Kier alpha value is -2.82.